The first-order valence-electron chi connectivity index (χ1n) is 4.18. The minimum Gasteiger partial charge on any atom is -0.491 e. The SMILES string of the molecule is CC(=O)O.Oc1noc2c1CCNC2. The van der Waals surface area contributed by atoms with Crippen LogP contribution in [0.2, 0.25) is 0 Å². The Morgan fingerprint density at radius 1 is 1.64 bits per heavy atom. The van der Waals surface area contributed by atoms with Gasteiger partial charge in [0.05, 0.1) is 12.1 Å². The van der Waals surface area contributed by atoms with Crippen molar-refractivity contribution in [3.05, 3.63) is 11.3 Å². The van der Waals surface area contributed by atoms with Crippen molar-refractivity contribution >= 4 is 5.97 Å². The van der Waals surface area contributed by atoms with E-state index in [9.17, 15) is 0 Å². The summed E-state index contributed by atoms with van der Waals surface area (Å²) in [4.78, 5) is 9.00. The van der Waals surface area contributed by atoms with Crippen LogP contribution in [0, 0.1) is 0 Å². The molecule has 0 fully saturated rings. The first kappa shape index (κ1) is 10.5. The number of aromatic hydroxyl groups is 1. The van der Waals surface area contributed by atoms with E-state index in [1.54, 1.807) is 0 Å². The molecule has 6 nitrogen and oxygen atoms in total. The maximum atomic E-state index is 9.06. The van der Waals surface area contributed by atoms with Gasteiger partial charge in [0.15, 0.2) is 5.76 Å². The number of aromatic nitrogens is 1. The highest BCUT2D eigenvalue weighted by molar-refractivity contribution is 5.62. The molecule has 1 aliphatic heterocycles. The second kappa shape index (κ2) is 4.61. The molecule has 2 rings (SSSR count). The Labute approximate surface area is 80.5 Å². The summed E-state index contributed by atoms with van der Waals surface area (Å²) < 4.78 is 4.82. The molecule has 0 atom stereocenters. The van der Waals surface area contributed by atoms with Crippen LogP contribution in [0.5, 0.6) is 5.88 Å². The van der Waals surface area contributed by atoms with E-state index in [0.717, 1.165) is 31.2 Å². The van der Waals surface area contributed by atoms with Crippen LogP contribution in [-0.2, 0) is 17.8 Å². The van der Waals surface area contributed by atoms with Crippen molar-refractivity contribution < 1.29 is 19.5 Å². The second-order valence-corrected chi connectivity index (χ2v) is 2.85. The quantitative estimate of drug-likeness (QED) is 0.550. The number of nitrogens with zero attached hydrogens (tertiary/aromatic N) is 1. The molecule has 3 N–H and O–H groups in total. The second-order valence-electron chi connectivity index (χ2n) is 2.85. The van der Waals surface area contributed by atoms with E-state index in [2.05, 4.69) is 10.5 Å². The van der Waals surface area contributed by atoms with Gasteiger partial charge in [-0.3, -0.25) is 4.79 Å². The number of carboxylic acid groups (broad SMARTS) is 1. The fraction of sp³-hybridized carbons (Fsp3) is 0.500. The minimum atomic E-state index is -0.833. The molecule has 1 aromatic rings. The summed E-state index contributed by atoms with van der Waals surface area (Å²) in [5.74, 6) is -0.0137. The third kappa shape index (κ3) is 2.74. The van der Waals surface area contributed by atoms with E-state index in [1.807, 2.05) is 0 Å². The molecule has 6 heteroatoms. The van der Waals surface area contributed by atoms with E-state index in [4.69, 9.17) is 19.5 Å². The largest absolute Gasteiger partial charge is 0.491 e. The highest BCUT2D eigenvalue weighted by Crippen LogP contribution is 2.22. The van der Waals surface area contributed by atoms with Gasteiger partial charge >= 0.3 is 0 Å². The molecule has 0 spiro atoms. The first-order chi connectivity index (χ1) is 6.61. The molecule has 0 amide bonds. The summed E-state index contributed by atoms with van der Waals surface area (Å²) in [6, 6.07) is 0. The van der Waals surface area contributed by atoms with Gasteiger partial charge in [0.2, 0.25) is 0 Å². The summed E-state index contributed by atoms with van der Waals surface area (Å²) in [6.45, 7) is 2.66. The van der Waals surface area contributed by atoms with Crippen molar-refractivity contribution in [3.63, 3.8) is 0 Å². The minimum absolute atomic E-state index is 0.0523. The van der Waals surface area contributed by atoms with E-state index in [-0.39, 0.29) is 5.88 Å². The van der Waals surface area contributed by atoms with Gasteiger partial charge in [-0.15, -0.1) is 0 Å². The fourth-order valence-electron chi connectivity index (χ4n) is 1.14. The summed E-state index contributed by atoms with van der Waals surface area (Å²) >= 11 is 0. The van der Waals surface area contributed by atoms with Crippen LogP contribution in [0.4, 0.5) is 0 Å². The van der Waals surface area contributed by atoms with Crippen LogP contribution in [-0.4, -0.2) is 27.9 Å². The average Bonchev–Trinajstić information content (AvgIpc) is 2.48. The number of carbonyl (C=O) groups is 1. The molecule has 0 saturated heterocycles. The van der Waals surface area contributed by atoms with E-state index >= 15 is 0 Å². The van der Waals surface area contributed by atoms with Crippen LogP contribution in [0.1, 0.15) is 18.2 Å². The summed E-state index contributed by atoms with van der Waals surface area (Å²) in [5.41, 5.74) is 0.860. The van der Waals surface area contributed by atoms with Crippen molar-refractivity contribution in [2.45, 2.75) is 19.9 Å². The fourth-order valence-corrected chi connectivity index (χ4v) is 1.14. The predicted molar refractivity (Wildman–Crippen MR) is 46.9 cm³/mol. The molecule has 0 bridgehead atoms. The maximum Gasteiger partial charge on any atom is 0.300 e. The Bertz CT molecular complexity index is 317. The topological polar surface area (TPSA) is 95.6 Å². The Morgan fingerprint density at radius 2 is 2.29 bits per heavy atom. The van der Waals surface area contributed by atoms with Gasteiger partial charge in [-0.25, -0.2) is 0 Å². The molecule has 0 unspecified atom stereocenters. The van der Waals surface area contributed by atoms with Crippen molar-refractivity contribution in [2.75, 3.05) is 6.54 Å². The van der Waals surface area contributed by atoms with E-state index in [1.165, 1.54) is 0 Å². The third-order valence-corrected chi connectivity index (χ3v) is 1.69. The molecule has 1 aliphatic rings. The highest BCUT2D eigenvalue weighted by atomic mass is 16.5. The lowest BCUT2D eigenvalue weighted by molar-refractivity contribution is -0.134. The zero-order valence-electron chi connectivity index (χ0n) is 7.78. The van der Waals surface area contributed by atoms with Gasteiger partial charge in [-0.2, -0.15) is 0 Å². The predicted octanol–water partition coefficient (Wildman–Crippen LogP) is 0.117. The van der Waals surface area contributed by atoms with Crippen LogP contribution >= 0.6 is 0 Å². The normalized spacial score (nSPS) is 13.8. The highest BCUT2D eigenvalue weighted by Gasteiger charge is 2.17. The summed E-state index contributed by atoms with van der Waals surface area (Å²) in [7, 11) is 0. The van der Waals surface area contributed by atoms with E-state index < -0.39 is 5.97 Å². The number of carboxylic acids is 1. The standard InChI is InChI=1S/C6H8N2O2.C2H4O2/c9-6-4-1-2-7-3-5(4)10-8-6;1-2(3)4/h7H,1-3H2,(H,8,9);1H3,(H,3,4). The molecular formula is C8H12N2O4. The molecule has 1 aromatic heterocycles. The van der Waals surface area contributed by atoms with Crippen molar-refractivity contribution in [2.24, 2.45) is 0 Å². The lowest BCUT2D eigenvalue weighted by Crippen LogP contribution is -2.22. The Morgan fingerprint density at radius 3 is 2.86 bits per heavy atom. The smallest absolute Gasteiger partial charge is 0.300 e. The monoisotopic (exact) mass is 200 g/mol. The van der Waals surface area contributed by atoms with Crippen molar-refractivity contribution in [1.82, 2.24) is 10.5 Å². The van der Waals surface area contributed by atoms with Gasteiger partial charge in [-0.1, -0.05) is 0 Å². The van der Waals surface area contributed by atoms with Gasteiger partial charge < -0.3 is 20.1 Å². The maximum absolute atomic E-state index is 9.06. The number of aliphatic carboxylic acids is 1. The molecular weight excluding hydrogens is 188 g/mol. The third-order valence-electron chi connectivity index (χ3n) is 1.69. The Hall–Kier alpha value is -1.56. The van der Waals surface area contributed by atoms with Crippen molar-refractivity contribution in [3.8, 4) is 5.88 Å². The number of nitrogens with one attached hydrogen (secondary N) is 1. The first-order valence-corrected chi connectivity index (χ1v) is 4.18. The Balaban J connectivity index is 0.000000213. The van der Waals surface area contributed by atoms with Crippen LogP contribution in [0.3, 0.4) is 0 Å². The van der Waals surface area contributed by atoms with Crippen LogP contribution in [0.25, 0.3) is 0 Å². The van der Waals surface area contributed by atoms with Crippen LogP contribution in [0.15, 0.2) is 4.52 Å². The molecule has 0 radical (unpaired) electrons. The molecule has 78 valence electrons. The average molecular weight is 200 g/mol. The molecule has 0 aromatic carbocycles. The van der Waals surface area contributed by atoms with Gasteiger partial charge in [-0.05, 0) is 18.1 Å². The summed E-state index contributed by atoms with van der Waals surface area (Å²) in [6.07, 6.45) is 0.810. The van der Waals surface area contributed by atoms with Crippen molar-refractivity contribution in [1.29, 1.82) is 0 Å². The number of fused-ring (bicyclic) bond motifs is 1. The number of hydrogen-bond acceptors (Lipinski definition) is 5. The lowest BCUT2D eigenvalue weighted by Gasteiger charge is -2.08. The molecule has 14 heavy (non-hydrogen) atoms. The van der Waals surface area contributed by atoms with Crippen LogP contribution < -0.4 is 5.32 Å². The lowest BCUT2D eigenvalue weighted by atomic mass is 10.1. The van der Waals surface area contributed by atoms with E-state index in [0.29, 0.717) is 6.54 Å². The summed E-state index contributed by atoms with van der Waals surface area (Å²) in [5, 5.41) is 23.0. The number of rotatable bonds is 0. The molecule has 0 aliphatic carbocycles. The molecule has 2 heterocycles. The number of hydrogen-bond donors (Lipinski definition) is 3. The molecule has 0 saturated carbocycles. The zero-order valence-corrected chi connectivity index (χ0v) is 7.78. The van der Waals surface area contributed by atoms with Gasteiger partial charge in [0, 0.05) is 6.92 Å². The Kier molecular flexibility index (Phi) is 3.47. The van der Waals surface area contributed by atoms with Gasteiger partial charge in [0.1, 0.15) is 0 Å². The zero-order chi connectivity index (χ0) is 10.6. The van der Waals surface area contributed by atoms with Gasteiger partial charge in [0.25, 0.3) is 11.8 Å².